The van der Waals surface area contributed by atoms with Crippen molar-refractivity contribution in [2.75, 3.05) is 42.5 Å². The Labute approximate surface area is 152 Å². The average Bonchev–Trinajstić information content (AvgIpc) is 3.08. The quantitative estimate of drug-likeness (QED) is 0.842. The standard InChI is InChI=1S/C20H33N5/c1-16-5-3-9-24(14-16)20-13-19(21-15-22-20)23-11-7-18(8-12-23)25-10-4-6-17(25)2/h13,15-18H,3-12,14H2,1-2H3. The summed E-state index contributed by atoms with van der Waals surface area (Å²) in [7, 11) is 0. The molecule has 0 radical (unpaired) electrons. The molecular weight excluding hydrogens is 310 g/mol. The molecule has 5 heteroatoms. The van der Waals surface area contributed by atoms with E-state index in [9.17, 15) is 0 Å². The number of anilines is 2. The SMILES string of the molecule is CC1CCCN(c2cc(N3CCC(N4CCCC4C)CC3)ncn2)C1. The average molecular weight is 344 g/mol. The molecule has 1 aromatic rings. The van der Waals surface area contributed by atoms with Crippen molar-refractivity contribution in [2.45, 2.75) is 64.5 Å². The minimum atomic E-state index is 0.769. The van der Waals surface area contributed by atoms with Crippen LogP contribution in [0.3, 0.4) is 0 Å². The molecule has 138 valence electrons. The number of hydrogen-bond acceptors (Lipinski definition) is 5. The molecule has 3 fully saturated rings. The number of piperidine rings is 2. The van der Waals surface area contributed by atoms with Gasteiger partial charge in [0.05, 0.1) is 0 Å². The van der Waals surface area contributed by atoms with Gasteiger partial charge in [-0.1, -0.05) is 6.92 Å². The van der Waals surface area contributed by atoms with E-state index >= 15 is 0 Å². The Bertz CT molecular complexity index is 569. The Balaban J connectivity index is 1.39. The Morgan fingerprint density at radius 1 is 0.840 bits per heavy atom. The van der Waals surface area contributed by atoms with Gasteiger partial charge in [-0.3, -0.25) is 4.90 Å². The van der Waals surface area contributed by atoms with Crippen LogP contribution in [0.25, 0.3) is 0 Å². The van der Waals surface area contributed by atoms with Crippen molar-refractivity contribution in [3.05, 3.63) is 12.4 Å². The van der Waals surface area contributed by atoms with E-state index in [1.54, 1.807) is 6.33 Å². The van der Waals surface area contributed by atoms with E-state index in [2.05, 4.69) is 44.6 Å². The summed E-state index contributed by atoms with van der Waals surface area (Å²) in [6, 6.07) is 3.78. The lowest BCUT2D eigenvalue weighted by molar-refractivity contribution is 0.163. The summed E-state index contributed by atoms with van der Waals surface area (Å²) in [6.07, 6.45) is 9.68. The largest absolute Gasteiger partial charge is 0.356 e. The second-order valence-electron chi connectivity index (χ2n) is 8.38. The van der Waals surface area contributed by atoms with Gasteiger partial charge in [0.15, 0.2) is 0 Å². The number of hydrogen-bond donors (Lipinski definition) is 0. The fourth-order valence-electron chi connectivity index (χ4n) is 5.01. The summed E-state index contributed by atoms with van der Waals surface area (Å²) >= 11 is 0. The highest BCUT2D eigenvalue weighted by Gasteiger charge is 2.31. The van der Waals surface area contributed by atoms with Gasteiger partial charge in [-0.2, -0.15) is 0 Å². The molecule has 3 aliphatic rings. The number of likely N-dealkylation sites (tertiary alicyclic amines) is 1. The molecule has 4 rings (SSSR count). The summed E-state index contributed by atoms with van der Waals surface area (Å²) in [5.41, 5.74) is 0. The molecule has 0 aromatic carbocycles. The van der Waals surface area contributed by atoms with Crippen LogP contribution in [0, 0.1) is 5.92 Å². The van der Waals surface area contributed by atoms with E-state index in [0.29, 0.717) is 0 Å². The number of aromatic nitrogens is 2. The Kier molecular flexibility index (Phi) is 5.11. The summed E-state index contributed by atoms with van der Waals surface area (Å²) < 4.78 is 0. The molecule has 0 aliphatic carbocycles. The number of rotatable bonds is 3. The first-order chi connectivity index (χ1) is 12.2. The third-order valence-corrected chi connectivity index (χ3v) is 6.48. The first-order valence-electron chi connectivity index (χ1n) is 10.3. The zero-order valence-electron chi connectivity index (χ0n) is 15.9. The normalized spacial score (nSPS) is 29.4. The van der Waals surface area contributed by atoms with Crippen molar-refractivity contribution < 1.29 is 0 Å². The van der Waals surface area contributed by atoms with Crippen LogP contribution in [-0.4, -0.2) is 59.7 Å². The van der Waals surface area contributed by atoms with E-state index in [0.717, 1.165) is 55.8 Å². The van der Waals surface area contributed by atoms with E-state index in [4.69, 9.17) is 0 Å². The van der Waals surface area contributed by atoms with Crippen molar-refractivity contribution in [3.63, 3.8) is 0 Å². The van der Waals surface area contributed by atoms with Gasteiger partial charge in [0.25, 0.3) is 0 Å². The van der Waals surface area contributed by atoms with Gasteiger partial charge in [0.1, 0.15) is 18.0 Å². The predicted molar refractivity (Wildman–Crippen MR) is 103 cm³/mol. The lowest BCUT2D eigenvalue weighted by Crippen LogP contribution is -2.46. The molecule has 2 unspecified atom stereocenters. The Morgan fingerprint density at radius 2 is 1.56 bits per heavy atom. The molecule has 3 saturated heterocycles. The Morgan fingerprint density at radius 3 is 2.24 bits per heavy atom. The highest BCUT2D eigenvalue weighted by atomic mass is 15.3. The van der Waals surface area contributed by atoms with Crippen molar-refractivity contribution >= 4 is 11.6 Å². The van der Waals surface area contributed by atoms with Crippen LogP contribution in [0.15, 0.2) is 12.4 Å². The predicted octanol–water partition coefficient (Wildman–Crippen LogP) is 3.17. The van der Waals surface area contributed by atoms with Crippen LogP contribution in [0.4, 0.5) is 11.6 Å². The monoisotopic (exact) mass is 343 g/mol. The first kappa shape index (κ1) is 17.1. The van der Waals surface area contributed by atoms with Crippen molar-refractivity contribution in [1.82, 2.24) is 14.9 Å². The third kappa shape index (κ3) is 3.76. The van der Waals surface area contributed by atoms with Gasteiger partial charge in [-0.05, 0) is 57.9 Å². The summed E-state index contributed by atoms with van der Waals surface area (Å²) in [5.74, 6) is 3.01. The molecule has 0 spiro atoms. The minimum absolute atomic E-state index is 0.769. The number of nitrogens with zero attached hydrogens (tertiary/aromatic N) is 5. The van der Waals surface area contributed by atoms with Crippen LogP contribution in [-0.2, 0) is 0 Å². The molecule has 0 amide bonds. The maximum atomic E-state index is 4.59. The molecule has 1 aromatic heterocycles. The molecule has 2 atom stereocenters. The van der Waals surface area contributed by atoms with Crippen LogP contribution in [0.5, 0.6) is 0 Å². The minimum Gasteiger partial charge on any atom is -0.356 e. The maximum absolute atomic E-state index is 4.59. The van der Waals surface area contributed by atoms with Gasteiger partial charge >= 0.3 is 0 Å². The molecule has 4 heterocycles. The van der Waals surface area contributed by atoms with Crippen LogP contribution in [0.1, 0.15) is 52.4 Å². The molecule has 5 nitrogen and oxygen atoms in total. The molecule has 0 N–H and O–H groups in total. The van der Waals surface area contributed by atoms with E-state index < -0.39 is 0 Å². The molecule has 0 bridgehead atoms. The smallest absolute Gasteiger partial charge is 0.134 e. The highest BCUT2D eigenvalue weighted by molar-refractivity contribution is 5.50. The topological polar surface area (TPSA) is 35.5 Å². The van der Waals surface area contributed by atoms with Crippen molar-refractivity contribution in [1.29, 1.82) is 0 Å². The fraction of sp³-hybridized carbons (Fsp3) is 0.800. The van der Waals surface area contributed by atoms with Crippen LogP contribution >= 0.6 is 0 Å². The first-order valence-corrected chi connectivity index (χ1v) is 10.3. The zero-order valence-corrected chi connectivity index (χ0v) is 15.9. The summed E-state index contributed by atoms with van der Waals surface area (Å²) in [5, 5.41) is 0. The van der Waals surface area contributed by atoms with Crippen LogP contribution < -0.4 is 9.80 Å². The maximum Gasteiger partial charge on any atom is 0.134 e. The van der Waals surface area contributed by atoms with E-state index in [-0.39, 0.29) is 0 Å². The van der Waals surface area contributed by atoms with E-state index in [1.807, 2.05) is 0 Å². The molecular formula is C20H33N5. The van der Waals surface area contributed by atoms with Crippen LogP contribution in [0.2, 0.25) is 0 Å². The second-order valence-corrected chi connectivity index (χ2v) is 8.38. The van der Waals surface area contributed by atoms with Crippen molar-refractivity contribution in [3.8, 4) is 0 Å². The molecule has 0 saturated carbocycles. The zero-order chi connectivity index (χ0) is 17.2. The Hall–Kier alpha value is -1.36. The molecule has 3 aliphatic heterocycles. The summed E-state index contributed by atoms with van der Waals surface area (Å²) in [6.45, 7) is 10.6. The van der Waals surface area contributed by atoms with Gasteiger partial charge in [0.2, 0.25) is 0 Å². The third-order valence-electron chi connectivity index (χ3n) is 6.48. The van der Waals surface area contributed by atoms with Crippen molar-refractivity contribution in [2.24, 2.45) is 5.92 Å². The van der Waals surface area contributed by atoms with Gasteiger partial charge in [0, 0.05) is 44.3 Å². The van der Waals surface area contributed by atoms with Gasteiger partial charge < -0.3 is 9.80 Å². The summed E-state index contributed by atoms with van der Waals surface area (Å²) in [4.78, 5) is 16.8. The van der Waals surface area contributed by atoms with Gasteiger partial charge in [-0.25, -0.2) is 9.97 Å². The lowest BCUT2D eigenvalue weighted by atomic mass is 10.0. The van der Waals surface area contributed by atoms with E-state index in [1.165, 1.54) is 45.1 Å². The second kappa shape index (κ2) is 7.48. The molecule has 25 heavy (non-hydrogen) atoms. The lowest BCUT2D eigenvalue weighted by Gasteiger charge is -2.39. The fourth-order valence-corrected chi connectivity index (χ4v) is 5.01. The highest BCUT2D eigenvalue weighted by Crippen LogP contribution is 2.28. The van der Waals surface area contributed by atoms with Gasteiger partial charge in [-0.15, -0.1) is 0 Å².